The van der Waals surface area contributed by atoms with Crippen LogP contribution >= 0.6 is 0 Å². The maximum atomic E-state index is 14.5. The van der Waals surface area contributed by atoms with Gasteiger partial charge in [-0.1, -0.05) is 6.08 Å². The molecule has 3 rings (SSSR count). The van der Waals surface area contributed by atoms with E-state index in [0.29, 0.717) is 37.7 Å². The summed E-state index contributed by atoms with van der Waals surface area (Å²) in [6, 6.07) is 4.72. The smallest absolute Gasteiger partial charge is 0.414 e. The third kappa shape index (κ3) is 4.13. The number of allylic oxidation sites excluding steroid dienone is 1. The van der Waals surface area contributed by atoms with Crippen LogP contribution in [0.2, 0.25) is 0 Å². The Morgan fingerprint density at radius 1 is 1.38 bits per heavy atom. The zero-order valence-electron chi connectivity index (χ0n) is 14.6. The summed E-state index contributed by atoms with van der Waals surface area (Å²) in [5.41, 5.74) is 0.937. The van der Waals surface area contributed by atoms with Gasteiger partial charge in [-0.3, -0.25) is 9.69 Å². The van der Waals surface area contributed by atoms with E-state index in [-0.39, 0.29) is 24.8 Å². The average Bonchev–Trinajstić information content (AvgIpc) is 3.02. The molecule has 140 valence electrons. The van der Waals surface area contributed by atoms with Crippen LogP contribution in [0.25, 0.3) is 0 Å². The fourth-order valence-corrected chi connectivity index (χ4v) is 2.99. The van der Waals surface area contributed by atoms with Crippen LogP contribution in [0.4, 0.5) is 20.6 Å². The van der Waals surface area contributed by atoms with Crippen LogP contribution in [0.1, 0.15) is 6.92 Å². The number of carbonyl (C=O) groups excluding carboxylic acids is 2. The topological polar surface area (TPSA) is 71.1 Å². The predicted molar refractivity (Wildman–Crippen MR) is 94.9 cm³/mol. The van der Waals surface area contributed by atoms with Gasteiger partial charge in [0.05, 0.1) is 37.7 Å². The summed E-state index contributed by atoms with van der Waals surface area (Å²) in [5, 5.41) is 2.66. The summed E-state index contributed by atoms with van der Waals surface area (Å²) in [7, 11) is 0. The largest absolute Gasteiger partial charge is 0.442 e. The third-order valence-corrected chi connectivity index (χ3v) is 4.29. The number of halogens is 1. The number of morpholine rings is 1. The fourth-order valence-electron chi connectivity index (χ4n) is 2.99. The van der Waals surface area contributed by atoms with Crippen molar-refractivity contribution in [3.05, 3.63) is 36.2 Å². The van der Waals surface area contributed by atoms with Crippen LogP contribution in [-0.2, 0) is 14.3 Å². The Morgan fingerprint density at radius 3 is 2.85 bits per heavy atom. The molecule has 0 bridgehead atoms. The molecule has 0 unspecified atom stereocenters. The van der Waals surface area contributed by atoms with Crippen molar-refractivity contribution in [3.8, 4) is 0 Å². The first-order valence-electron chi connectivity index (χ1n) is 8.59. The number of carbonyl (C=O) groups is 2. The number of ether oxygens (including phenoxy) is 2. The van der Waals surface area contributed by atoms with Gasteiger partial charge in [0.25, 0.3) is 0 Å². The van der Waals surface area contributed by atoms with E-state index in [1.807, 2.05) is 4.90 Å². The van der Waals surface area contributed by atoms with Gasteiger partial charge in [0.15, 0.2) is 0 Å². The quantitative estimate of drug-likeness (QED) is 0.806. The summed E-state index contributed by atoms with van der Waals surface area (Å²) < 4.78 is 25.0. The SMILES string of the molecule is C/C=C/C(=O)NC[C@H]1CN(c2ccc(N3CCOCC3)c(F)c2)C(=O)O1. The van der Waals surface area contributed by atoms with Gasteiger partial charge in [-0.2, -0.15) is 0 Å². The lowest BCUT2D eigenvalue weighted by Crippen LogP contribution is -2.36. The molecule has 0 aliphatic carbocycles. The second-order valence-electron chi connectivity index (χ2n) is 6.10. The molecular weight excluding hydrogens is 341 g/mol. The molecule has 2 aliphatic rings. The zero-order valence-corrected chi connectivity index (χ0v) is 14.6. The molecule has 2 aliphatic heterocycles. The Bertz CT molecular complexity index is 704. The van der Waals surface area contributed by atoms with E-state index in [9.17, 15) is 14.0 Å². The second kappa shape index (κ2) is 8.18. The number of rotatable bonds is 5. The van der Waals surface area contributed by atoms with Crippen LogP contribution < -0.4 is 15.1 Å². The van der Waals surface area contributed by atoms with Crippen molar-refractivity contribution in [1.82, 2.24) is 5.32 Å². The molecule has 0 radical (unpaired) electrons. The molecular formula is C18H22FN3O4. The summed E-state index contributed by atoms with van der Waals surface area (Å²) in [6.07, 6.45) is 2.00. The molecule has 1 atom stereocenters. The molecule has 2 heterocycles. The van der Waals surface area contributed by atoms with Gasteiger partial charge in [0, 0.05) is 13.1 Å². The van der Waals surface area contributed by atoms with E-state index < -0.39 is 12.2 Å². The summed E-state index contributed by atoms with van der Waals surface area (Å²) >= 11 is 0. The van der Waals surface area contributed by atoms with Crippen molar-refractivity contribution in [2.24, 2.45) is 0 Å². The summed E-state index contributed by atoms with van der Waals surface area (Å²) in [5.74, 6) is -0.634. The Morgan fingerprint density at radius 2 is 2.15 bits per heavy atom. The monoisotopic (exact) mass is 363 g/mol. The number of hydrogen-bond acceptors (Lipinski definition) is 5. The molecule has 0 aromatic heterocycles. The molecule has 2 fully saturated rings. The van der Waals surface area contributed by atoms with E-state index in [4.69, 9.17) is 9.47 Å². The van der Waals surface area contributed by atoms with Crippen LogP contribution in [0.5, 0.6) is 0 Å². The molecule has 0 saturated carbocycles. The van der Waals surface area contributed by atoms with E-state index in [1.54, 1.807) is 25.1 Å². The number of cyclic esters (lactones) is 1. The molecule has 1 aromatic rings. The Balaban J connectivity index is 1.64. The minimum absolute atomic E-state index is 0.208. The van der Waals surface area contributed by atoms with Gasteiger partial charge in [0.1, 0.15) is 11.9 Å². The minimum Gasteiger partial charge on any atom is -0.442 e. The maximum Gasteiger partial charge on any atom is 0.414 e. The highest BCUT2D eigenvalue weighted by atomic mass is 19.1. The Kier molecular flexibility index (Phi) is 5.72. The number of nitrogens with one attached hydrogen (secondary N) is 1. The summed E-state index contributed by atoms with van der Waals surface area (Å²) in [6.45, 7) is 4.61. The molecule has 0 spiro atoms. The van der Waals surface area contributed by atoms with E-state index in [2.05, 4.69) is 5.32 Å². The van der Waals surface area contributed by atoms with Gasteiger partial charge in [0.2, 0.25) is 5.91 Å². The number of nitrogens with zero attached hydrogens (tertiary/aromatic N) is 2. The van der Waals surface area contributed by atoms with Crippen LogP contribution in [0, 0.1) is 5.82 Å². The van der Waals surface area contributed by atoms with Gasteiger partial charge < -0.3 is 19.7 Å². The Hall–Kier alpha value is -2.61. The lowest BCUT2D eigenvalue weighted by molar-refractivity contribution is -0.116. The molecule has 7 nitrogen and oxygen atoms in total. The van der Waals surface area contributed by atoms with Crippen molar-refractivity contribution < 1.29 is 23.5 Å². The van der Waals surface area contributed by atoms with Crippen molar-refractivity contribution >= 4 is 23.4 Å². The first kappa shape index (κ1) is 18.2. The molecule has 8 heteroatoms. The number of amides is 2. The van der Waals surface area contributed by atoms with E-state index >= 15 is 0 Å². The molecule has 2 saturated heterocycles. The number of benzene rings is 1. The Labute approximate surface area is 151 Å². The first-order valence-corrected chi connectivity index (χ1v) is 8.59. The van der Waals surface area contributed by atoms with Crippen molar-refractivity contribution in [2.75, 3.05) is 49.2 Å². The highest BCUT2D eigenvalue weighted by Gasteiger charge is 2.33. The number of hydrogen-bond donors (Lipinski definition) is 1. The highest BCUT2D eigenvalue weighted by molar-refractivity contribution is 5.90. The number of anilines is 2. The van der Waals surface area contributed by atoms with Gasteiger partial charge >= 0.3 is 6.09 Å². The molecule has 1 aromatic carbocycles. The fraction of sp³-hybridized carbons (Fsp3) is 0.444. The van der Waals surface area contributed by atoms with Gasteiger partial charge in [-0.05, 0) is 31.2 Å². The van der Waals surface area contributed by atoms with Gasteiger partial charge in [-0.15, -0.1) is 0 Å². The predicted octanol–water partition coefficient (Wildman–Crippen LogP) is 1.68. The molecule has 1 N–H and O–H groups in total. The lowest BCUT2D eigenvalue weighted by atomic mass is 10.2. The highest BCUT2D eigenvalue weighted by Crippen LogP contribution is 2.28. The van der Waals surface area contributed by atoms with Crippen molar-refractivity contribution in [3.63, 3.8) is 0 Å². The lowest BCUT2D eigenvalue weighted by Gasteiger charge is -2.29. The normalized spacial score (nSPS) is 20.5. The van der Waals surface area contributed by atoms with Crippen LogP contribution in [0.15, 0.2) is 30.4 Å². The van der Waals surface area contributed by atoms with E-state index in [1.165, 1.54) is 17.0 Å². The van der Waals surface area contributed by atoms with Crippen molar-refractivity contribution in [1.29, 1.82) is 0 Å². The van der Waals surface area contributed by atoms with Crippen LogP contribution in [-0.4, -0.2) is 57.5 Å². The maximum absolute atomic E-state index is 14.5. The van der Waals surface area contributed by atoms with Crippen molar-refractivity contribution in [2.45, 2.75) is 13.0 Å². The second-order valence-corrected chi connectivity index (χ2v) is 6.10. The minimum atomic E-state index is -0.547. The van der Waals surface area contributed by atoms with Gasteiger partial charge in [-0.25, -0.2) is 9.18 Å². The molecule has 26 heavy (non-hydrogen) atoms. The average molecular weight is 363 g/mol. The van der Waals surface area contributed by atoms with E-state index in [0.717, 1.165) is 0 Å². The van der Waals surface area contributed by atoms with Crippen LogP contribution in [0.3, 0.4) is 0 Å². The zero-order chi connectivity index (χ0) is 18.5. The standard InChI is InChI=1S/C18H22FN3O4/c1-2-3-17(23)20-11-14-12-22(18(24)26-14)13-4-5-16(15(19)10-13)21-6-8-25-9-7-21/h2-5,10,14H,6-9,11-12H2,1H3,(H,20,23)/b3-2+/t14-/m0/s1. The third-order valence-electron chi connectivity index (χ3n) is 4.29. The first-order chi connectivity index (χ1) is 12.6. The molecule has 2 amide bonds. The summed E-state index contributed by atoms with van der Waals surface area (Å²) in [4.78, 5) is 26.8.